The highest BCUT2D eigenvalue weighted by atomic mass is 15.0. The third-order valence-corrected chi connectivity index (χ3v) is 3.38. The molecule has 0 bridgehead atoms. The van der Waals surface area contributed by atoms with Gasteiger partial charge in [0.25, 0.3) is 0 Å². The van der Waals surface area contributed by atoms with Crippen LogP contribution in [0.5, 0.6) is 0 Å². The molecule has 2 rings (SSSR count). The molecule has 1 aliphatic rings. The Morgan fingerprint density at radius 1 is 1.25 bits per heavy atom. The highest BCUT2D eigenvalue weighted by molar-refractivity contribution is 5.44. The number of rotatable bonds is 2. The Morgan fingerprint density at radius 3 is 2.88 bits per heavy atom. The van der Waals surface area contributed by atoms with Crippen molar-refractivity contribution in [3.63, 3.8) is 0 Å². The van der Waals surface area contributed by atoms with E-state index in [-0.39, 0.29) is 0 Å². The van der Waals surface area contributed by atoms with Crippen LogP contribution >= 0.6 is 0 Å². The van der Waals surface area contributed by atoms with E-state index in [9.17, 15) is 0 Å². The topological polar surface area (TPSA) is 63.8 Å². The SMILES string of the molecule is CC1CCCCCC1Nc1cc(N)ncn1. The number of nitrogens with two attached hydrogens (primary N) is 1. The van der Waals surface area contributed by atoms with Gasteiger partial charge in [-0.15, -0.1) is 0 Å². The van der Waals surface area contributed by atoms with E-state index in [4.69, 9.17) is 5.73 Å². The minimum Gasteiger partial charge on any atom is -0.384 e. The smallest absolute Gasteiger partial charge is 0.131 e. The average Bonchev–Trinajstić information content (AvgIpc) is 2.45. The number of nitrogens with one attached hydrogen (secondary N) is 1. The Bertz CT molecular complexity index is 340. The van der Waals surface area contributed by atoms with Crippen LogP contribution in [0, 0.1) is 5.92 Å². The van der Waals surface area contributed by atoms with Gasteiger partial charge in [0, 0.05) is 12.1 Å². The fourth-order valence-electron chi connectivity index (χ4n) is 2.35. The summed E-state index contributed by atoms with van der Waals surface area (Å²) < 4.78 is 0. The molecule has 2 unspecified atom stereocenters. The zero-order valence-corrected chi connectivity index (χ0v) is 9.82. The maximum atomic E-state index is 5.64. The summed E-state index contributed by atoms with van der Waals surface area (Å²) in [6.07, 6.45) is 8.06. The minimum absolute atomic E-state index is 0.525. The molecule has 1 heterocycles. The number of hydrogen-bond donors (Lipinski definition) is 2. The van der Waals surface area contributed by atoms with Gasteiger partial charge in [0.1, 0.15) is 18.0 Å². The van der Waals surface area contributed by atoms with Gasteiger partial charge in [0.2, 0.25) is 0 Å². The van der Waals surface area contributed by atoms with Crippen LogP contribution in [0.3, 0.4) is 0 Å². The van der Waals surface area contributed by atoms with Crippen molar-refractivity contribution in [2.45, 2.75) is 45.1 Å². The van der Waals surface area contributed by atoms with Gasteiger partial charge < -0.3 is 11.1 Å². The Morgan fingerprint density at radius 2 is 2.06 bits per heavy atom. The van der Waals surface area contributed by atoms with E-state index in [1.807, 2.05) is 0 Å². The summed E-state index contributed by atoms with van der Waals surface area (Å²) in [5.41, 5.74) is 5.64. The normalized spacial score (nSPS) is 26.1. The zero-order valence-electron chi connectivity index (χ0n) is 9.82. The quantitative estimate of drug-likeness (QED) is 0.751. The monoisotopic (exact) mass is 220 g/mol. The van der Waals surface area contributed by atoms with Crippen LogP contribution in [-0.2, 0) is 0 Å². The van der Waals surface area contributed by atoms with Crippen LogP contribution in [0.1, 0.15) is 39.0 Å². The standard InChI is InChI=1S/C12H20N4/c1-9-5-3-2-4-6-10(9)16-12-7-11(13)14-8-15-12/h7-10H,2-6H2,1H3,(H3,13,14,15,16). The summed E-state index contributed by atoms with van der Waals surface area (Å²) in [5.74, 6) is 2.09. The number of nitrogens with zero attached hydrogens (tertiary/aromatic N) is 2. The van der Waals surface area contributed by atoms with Crippen LogP contribution in [0.2, 0.25) is 0 Å². The van der Waals surface area contributed by atoms with Gasteiger partial charge in [-0.05, 0) is 18.8 Å². The van der Waals surface area contributed by atoms with Gasteiger partial charge in [-0.25, -0.2) is 9.97 Å². The summed E-state index contributed by atoms with van der Waals surface area (Å²) >= 11 is 0. The third kappa shape index (κ3) is 2.84. The molecule has 0 aromatic carbocycles. The van der Waals surface area contributed by atoms with E-state index >= 15 is 0 Å². The van der Waals surface area contributed by atoms with Gasteiger partial charge in [0.15, 0.2) is 0 Å². The average molecular weight is 220 g/mol. The molecular weight excluding hydrogens is 200 g/mol. The fraction of sp³-hybridized carbons (Fsp3) is 0.667. The lowest BCUT2D eigenvalue weighted by Crippen LogP contribution is -2.26. The van der Waals surface area contributed by atoms with Crippen molar-refractivity contribution >= 4 is 11.6 Å². The maximum Gasteiger partial charge on any atom is 0.131 e. The molecule has 16 heavy (non-hydrogen) atoms. The Balaban J connectivity index is 2.02. The number of hydrogen-bond acceptors (Lipinski definition) is 4. The third-order valence-electron chi connectivity index (χ3n) is 3.38. The minimum atomic E-state index is 0.525. The molecule has 4 heteroatoms. The summed E-state index contributed by atoms with van der Waals surface area (Å²) in [6, 6.07) is 2.33. The Kier molecular flexibility index (Phi) is 3.59. The fourth-order valence-corrected chi connectivity index (χ4v) is 2.35. The second-order valence-corrected chi connectivity index (χ2v) is 4.69. The highest BCUT2D eigenvalue weighted by Gasteiger charge is 2.19. The van der Waals surface area contributed by atoms with E-state index in [0.29, 0.717) is 17.8 Å². The van der Waals surface area contributed by atoms with Crippen LogP contribution in [0.15, 0.2) is 12.4 Å². The van der Waals surface area contributed by atoms with E-state index in [1.54, 1.807) is 6.07 Å². The molecule has 4 nitrogen and oxygen atoms in total. The molecule has 1 aromatic rings. The van der Waals surface area contributed by atoms with E-state index in [1.165, 1.54) is 38.4 Å². The molecule has 0 saturated heterocycles. The Labute approximate surface area is 96.7 Å². The predicted octanol–water partition coefficient (Wildman–Crippen LogP) is 2.44. The molecule has 1 fully saturated rings. The predicted molar refractivity (Wildman–Crippen MR) is 66.1 cm³/mol. The molecule has 3 N–H and O–H groups in total. The second kappa shape index (κ2) is 5.14. The molecule has 88 valence electrons. The van der Waals surface area contributed by atoms with E-state index in [0.717, 1.165) is 5.82 Å². The number of nitrogen functional groups attached to an aromatic ring is 1. The molecule has 2 atom stereocenters. The number of aromatic nitrogens is 2. The Hall–Kier alpha value is -1.32. The zero-order chi connectivity index (χ0) is 11.4. The molecule has 0 amide bonds. The summed E-state index contributed by atoms with van der Waals surface area (Å²) in [5, 5.41) is 3.48. The second-order valence-electron chi connectivity index (χ2n) is 4.69. The molecule has 0 spiro atoms. The first-order valence-corrected chi connectivity index (χ1v) is 6.10. The van der Waals surface area contributed by atoms with Gasteiger partial charge in [-0.2, -0.15) is 0 Å². The van der Waals surface area contributed by atoms with Gasteiger partial charge in [-0.3, -0.25) is 0 Å². The van der Waals surface area contributed by atoms with Gasteiger partial charge in [-0.1, -0.05) is 26.2 Å². The lowest BCUT2D eigenvalue weighted by Gasteiger charge is -2.23. The first kappa shape index (κ1) is 11.2. The maximum absolute atomic E-state index is 5.64. The van der Waals surface area contributed by atoms with Crippen LogP contribution in [0.25, 0.3) is 0 Å². The van der Waals surface area contributed by atoms with E-state index < -0.39 is 0 Å². The molecule has 1 saturated carbocycles. The largest absolute Gasteiger partial charge is 0.384 e. The van der Waals surface area contributed by atoms with Crippen LogP contribution in [0.4, 0.5) is 11.6 Å². The summed E-state index contributed by atoms with van der Waals surface area (Å²) in [6.45, 7) is 2.31. The van der Waals surface area contributed by atoms with Crippen LogP contribution in [-0.4, -0.2) is 16.0 Å². The lowest BCUT2D eigenvalue weighted by atomic mass is 9.97. The molecule has 1 aromatic heterocycles. The first-order valence-electron chi connectivity index (χ1n) is 6.10. The molecule has 0 aliphatic heterocycles. The molecular formula is C12H20N4. The van der Waals surface area contributed by atoms with E-state index in [2.05, 4.69) is 22.2 Å². The first-order chi connectivity index (χ1) is 7.75. The lowest BCUT2D eigenvalue weighted by molar-refractivity contribution is 0.455. The highest BCUT2D eigenvalue weighted by Crippen LogP contribution is 2.25. The van der Waals surface area contributed by atoms with Gasteiger partial charge in [0.05, 0.1) is 0 Å². The summed E-state index contributed by atoms with van der Waals surface area (Å²) in [4.78, 5) is 8.09. The van der Waals surface area contributed by atoms with Crippen molar-refractivity contribution in [2.75, 3.05) is 11.1 Å². The van der Waals surface area contributed by atoms with Crippen molar-refractivity contribution in [1.82, 2.24) is 9.97 Å². The molecule has 0 radical (unpaired) electrons. The van der Waals surface area contributed by atoms with Crippen molar-refractivity contribution < 1.29 is 0 Å². The van der Waals surface area contributed by atoms with Crippen molar-refractivity contribution in [2.24, 2.45) is 5.92 Å². The van der Waals surface area contributed by atoms with Gasteiger partial charge >= 0.3 is 0 Å². The summed E-state index contributed by atoms with van der Waals surface area (Å²) in [7, 11) is 0. The van der Waals surface area contributed by atoms with Crippen molar-refractivity contribution in [3.8, 4) is 0 Å². The van der Waals surface area contributed by atoms with Crippen LogP contribution < -0.4 is 11.1 Å². The number of anilines is 2. The molecule has 1 aliphatic carbocycles. The van der Waals surface area contributed by atoms with Crippen molar-refractivity contribution in [1.29, 1.82) is 0 Å². The van der Waals surface area contributed by atoms with Crippen molar-refractivity contribution in [3.05, 3.63) is 12.4 Å².